The summed E-state index contributed by atoms with van der Waals surface area (Å²) in [6.45, 7) is 2.11. The van der Waals surface area contributed by atoms with Gasteiger partial charge in [-0.15, -0.1) is 0 Å². The van der Waals surface area contributed by atoms with Crippen molar-refractivity contribution in [1.82, 2.24) is 0 Å². The van der Waals surface area contributed by atoms with Crippen LogP contribution >= 0.6 is 23.4 Å². The molecule has 0 saturated heterocycles. The molecule has 0 amide bonds. The second-order valence-corrected chi connectivity index (χ2v) is 6.13. The van der Waals surface area contributed by atoms with Crippen molar-refractivity contribution in [3.8, 4) is 0 Å². The number of hydrogen-bond acceptors (Lipinski definition) is 2. The highest BCUT2D eigenvalue weighted by Gasteiger charge is 2.27. The zero-order valence-electron chi connectivity index (χ0n) is 11.0. The fraction of sp³-hybridized carbons (Fsp3) is 0.118. The quantitative estimate of drug-likeness (QED) is 0.706. The van der Waals surface area contributed by atoms with Gasteiger partial charge in [-0.25, -0.2) is 0 Å². The first-order valence-corrected chi connectivity index (χ1v) is 7.70. The number of carbonyl (C=O) groups excluding carboxylic acids is 1. The second kappa shape index (κ2) is 5.47. The maximum Gasteiger partial charge on any atom is 0.200 e. The van der Waals surface area contributed by atoms with E-state index in [4.69, 9.17) is 11.6 Å². The molecule has 0 bridgehead atoms. The number of rotatable bonds is 2. The fourth-order valence-electron chi connectivity index (χ4n) is 2.26. The van der Waals surface area contributed by atoms with E-state index in [-0.39, 0.29) is 5.78 Å². The van der Waals surface area contributed by atoms with Crippen molar-refractivity contribution in [2.45, 2.75) is 18.2 Å². The number of carbonyl (C=O) groups is 1. The van der Waals surface area contributed by atoms with Crippen LogP contribution in [0.25, 0.3) is 6.08 Å². The van der Waals surface area contributed by atoms with Gasteiger partial charge in [-0.05, 0) is 41.8 Å². The van der Waals surface area contributed by atoms with Crippen LogP contribution in [0.5, 0.6) is 0 Å². The molecule has 0 spiro atoms. The lowest BCUT2D eigenvalue weighted by Crippen LogP contribution is -1.95. The first kappa shape index (κ1) is 13.5. The molecule has 1 aliphatic rings. The summed E-state index contributed by atoms with van der Waals surface area (Å²) in [5.41, 5.74) is 3.06. The lowest BCUT2D eigenvalue weighted by atomic mass is 10.0. The van der Waals surface area contributed by atoms with E-state index >= 15 is 0 Å². The predicted octanol–water partition coefficient (Wildman–Crippen LogP) is 5.23. The van der Waals surface area contributed by atoms with Crippen LogP contribution in [0.15, 0.2) is 52.3 Å². The molecule has 0 N–H and O–H groups in total. The Morgan fingerprint density at radius 3 is 2.60 bits per heavy atom. The van der Waals surface area contributed by atoms with Gasteiger partial charge < -0.3 is 0 Å². The Bertz CT molecular complexity index is 701. The van der Waals surface area contributed by atoms with Gasteiger partial charge in [-0.2, -0.15) is 0 Å². The summed E-state index contributed by atoms with van der Waals surface area (Å²) in [5, 5.41) is 0.703. The third kappa shape index (κ3) is 2.41. The summed E-state index contributed by atoms with van der Waals surface area (Å²) in [6, 6.07) is 13.5. The summed E-state index contributed by atoms with van der Waals surface area (Å²) < 4.78 is 0. The van der Waals surface area contributed by atoms with Crippen LogP contribution in [0, 0.1) is 0 Å². The molecule has 0 aliphatic carbocycles. The van der Waals surface area contributed by atoms with Crippen molar-refractivity contribution in [3.05, 3.63) is 69.1 Å². The van der Waals surface area contributed by atoms with E-state index in [1.807, 2.05) is 42.5 Å². The van der Waals surface area contributed by atoms with Crippen LogP contribution in [0.1, 0.15) is 28.4 Å². The standard InChI is InChI=1S/C17H13ClOS/c1-2-12-4-3-5-14-16(19)15(20-17(12)14)10-11-6-8-13(18)9-7-11/h3-10H,2H2,1H3/b15-10+. The van der Waals surface area contributed by atoms with Gasteiger partial charge in [0.1, 0.15) is 0 Å². The molecule has 0 fully saturated rings. The van der Waals surface area contributed by atoms with Gasteiger partial charge in [0.05, 0.1) is 4.91 Å². The van der Waals surface area contributed by atoms with Gasteiger partial charge in [0.2, 0.25) is 5.78 Å². The summed E-state index contributed by atoms with van der Waals surface area (Å²) in [7, 11) is 0. The van der Waals surface area contributed by atoms with Gasteiger partial charge >= 0.3 is 0 Å². The van der Waals surface area contributed by atoms with Crippen molar-refractivity contribution < 1.29 is 4.79 Å². The van der Waals surface area contributed by atoms with Gasteiger partial charge in [-0.3, -0.25) is 4.79 Å². The second-order valence-electron chi connectivity index (χ2n) is 4.64. The Labute approximate surface area is 127 Å². The van der Waals surface area contributed by atoms with E-state index in [0.29, 0.717) is 5.02 Å². The summed E-state index contributed by atoms with van der Waals surface area (Å²) >= 11 is 7.45. The Morgan fingerprint density at radius 1 is 1.15 bits per heavy atom. The van der Waals surface area contributed by atoms with E-state index in [2.05, 4.69) is 13.0 Å². The number of benzene rings is 2. The van der Waals surface area contributed by atoms with Crippen LogP contribution in [0.4, 0.5) is 0 Å². The van der Waals surface area contributed by atoms with Crippen LogP contribution in [-0.2, 0) is 6.42 Å². The van der Waals surface area contributed by atoms with Gasteiger partial charge in [0.25, 0.3) is 0 Å². The van der Waals surface area contributed by atoms with Crippen molar-refractivity contribution in [2.24, 2.45) is 0 Å². The smallest absolute Gasteiger partial charge is 0.200 e. The maximum atomic E-state index is 12.4. The molecular formula is C17H13ClOS. The Hall–Kier alpha value is -1.51. The lowest BCUT2D eigenvalue weighted by molar-refractivity contribution is 0.104. The molecule has 20 heavy (non-hydrogen) atoms. The highest BCUT2D eigenvalue weighted by Crippen LogP contribution is 2.43. The van der Waals surface area contributed by atoms with E-state index in [1.165, 1.54) is 5.56 Å². The van der Waals surface area contributed by atoms with E-state index < -0.39 is 0 Å². The minimum Gasteiger partial charge on any atom is -0.288 e. The van der Waals surface area contributed by atoms with E-state index in [1.54, 1.807) is 11.8 Å². The minimum atomic E-state index is 0.121. The molecule has 3 heteroatoms. The molecular weight excluding hydrogens is 288 g/mol. The first-order chi connectivity index (χ1) is 9.69. The predicted molar refractivity (Wildman–Crippen MR) is 85.4 cm³/mol. The highest BCUT2D eigenvalue weighted by molar-refractivity contribution is 8.05. The number of hydrogen-bond donors (Lipinski definition) is 0. The average Bonchev–Trinajstić information content (AvgIpc) is 2.78. The fourth-order valence-corrected chi connectivity index (χ4v) is 3.61. The summed E-state index contributed by atoms with van der Waals surface area (Å²) in [6.07, 6.45) is 2.88. The lowest BCUT2D eigenvalue weighted by Gasteiger charge is -2.02. The largest absolute Gasteiger partial charge is 0.288 e. The average molecular weight is 301 g/mol. The number of allylic oxidation sites excluding steroid dienone is 1. The normalized spacial score (nSPS) is 15.7. The number of Topliss-reactive ketones (excluding diaryl/α,β-unsaturated/α-hetero) is 1. The number of halogens is 1. The molecule has 1 aliphatic heterocycles. The van der Waals surface area contributed by atoms with Gasteiger partial charge in [-0.1, -0.05) is 54.6 Å². The van der Waals surface area contributed by atoms with Crippen molar-refractivity contribution >= 4 is 35.2 Å². The van der Waals surface area contributed by atoms with Crippen LogP contribution in [0.3, 0.4) is 0 Å². The number of aryl methyl sites for hydroxylation is 1. The van der Waals surface area contributed by atoms with Gasteiger partial charge in [0.15, 0.2) is 0 Å². The van der Waals surface area contributed by atoms with E-state index in [0.717, 1.165) is 27.3 Å². The molecule has 0 atom stereocenters. The molecule has 100 valence electrons. The molecule has 0 aromatic heterocycles. The Kier molecular flexibility index (Phi) is 3.68. The Morgan fingerprint density at radius 2 is 1.90 bits per heavy atom. The zero-order valence-corrected chi connectivity index (χ0v) is 12.6. The van der Waals surface area contributed by atoms with Gasteiger partial charge in [0, 0.05) is 15.5 Å². The molecule has 3 rings (SSSR count). The Balaban J connectivity index is 1.99. The topological polar surface area (TPSA) is 17.1 Å². The monoisotopic (exact) mass is 300 g/mol. The third-order valence-electron chi connectivity index (χ3n) is 3.33. The third-order valence-corrected chi connectivity index (χ3v) is 4.79. The van der Waals surface area contributed by atoms with Crippen molar-refractivity contribution in [1.29, 1.82) is 0 Å². The number of fused-ring (bicyclic) bond motifs is 1. The molecule has 0 saturated carbocycles. The van der Waals surface area contributed by atoms with E-state index in [9.17, 15) is 4.79 Å². The van der Waals surface area contributed by atoms with Crippen molar-refractivity contribution in [3.63, 3.8) is 0 Å². The van der Waals surface area contributed by atoms with Crippen LogP contribution in [-0.4, -0.2) is 5.78 Å². The molecule has 1 heterocycles. The molecule has 2 aromatic carbocycles. The molecule has 1 nitrogen and oxygen atoms in total. The SMILES string of the molecule is CCc1cccc2c1S/C(=C/c1ccc(Cl)cc1)C2=O. The van der Waals surface area contributed by atoms with Crippen molar-refractivity contribution in [2.75, 3.05) is 0 Å². The zero-order chi connectivity index (χ0) is 14.1. The molecule has 0 radical (unpaired) electrons. The molecule has 2 aromatic rings. The van der Waals surface area contributed by atoms with Crippen LogP contribution in [0.2, 0.25) is 5.02 Å². The summed E-state index contributed by atoms with van der Waals surface area (Å²) in [5.74, 6) is 0.121. The first-order valence-electron chi connectivity index (χ1n) is 6.50. The summed E-state index contributed by atoms with van der Waals surface area (Å²) in [4.78, 5) is 14.3. The molecule has 0 unspecified atom stereocenters. The minimum absolute atomic E-state index is 0.121. The van der Waals surface area contributed by atoms with Crippen LogP contribution < -0.4 is 0 Å². The highest BCUT2D eigenvalue weighted by atomic mass is 35.5. The number of ketones is 1. The number of thioether (sulfide) groups is 1. The maximum absolute atomic E-state index is 12.4.